The predicted octanol–water partition coefficient (Wildman–Crippen LogP) is 0.458. The maximum absolute atomic E-state index is 11.9. The molecule has 2 amide bonds. The quantitative estimate of drug-likeness (QED) is 0.772. The number of nitrogens with zero attached hydrogens (tertiary/aromatic N) is 2. The maximum Gasteiger partial charge on any atom is 0.269 e. The van der Waals surface area contributed by atoms with Crippen molar-refractivity contribution >= 4 is 29.0 Å². The highest BCUT2D eigenvalue weighted by atomic mass is 32.1. The number of likely N-dealkylation sites (tertiary alicyclic amines) is 1. The SMILES string of the molecule is NC(=S)c1ccc(C(=O)NCCC(=O)N2CCCC2)nc1. The summed E-state index contributed by atoms with van der Waals surface area (Å²) in [5.41, 5.74) is 6.36. The molecule has 0 radical (unpaired) electrons. The van der Waals surface area contributed by atoms with E-state index >= 15 is 0 Å². The van der Waals surface area contributed by atoms with Gasteiger partial charge in [0, 0.05) is 37.8 Å². The van der Waals surface area contributed by atoms with Crippen molar-refractivity contribution in [2.45, 2.75) is 19.3 Å². The molecule has 2 rings (SSSR count). The fourth-order valence-corrected chi connectivity index (χ4v) is 2.29. The number of aromatic nitrogens is 1. The minimum absolute atomic E-state index is 0.0876. The molecule has 0 aromatic carbocycles. The van der Waals surface area contributed by atoms with Gasteiger partial charge in [0.15, 0.2) is 0 Å². The number of hydrogen-bond acceptors (Lipinski definition) is 4. The molecule has 0 bridgehead atoms. The van der Waals surface area contributed by atoms with Crippen LogP contribution in [-0.4, -0.2) is 46.3 Å². The van der Waals surface area contributed by atoms with Crippen LogP contribution in [0.2, 0.25) is 0 Å². The first-order valence-electron chi connectivity index (χ1n) is 6.90. The molecule has 0 aliphatic carbocycles. The standard InChI is InChI=1S/C14H18N4O2S/c15-13(21)10-3-4-11(17-9-10)14(20)16-6-5-12(19)18-7-1-2-8-18/h3-4,9H,1-2,5-8H2,(H2,15,21)(H,16,20). The molecule has 1 aromatic heterocycles. The number of hydrogen-bond donors (Lipinski definition) is 2. The van der Waals surface area contributed by atoms with Crippen LogP contribution in [-0.2, 0) is 4.79 Å². The molecule has 1 fully saturated rings. The summed E-state index contributed by atoms with van der Waals surface area (Å²) >= 11 is 4.82. The van der Waals surface area contributed by atoms with E-state index in [1.807, 2.05) is 4.90 Å². The van der Waals surface area contributed by atoms with E-state index < -0.39 is 0 Å². The van der Waals surface area contributed by atoms with Crippen LogP contribution < -0.4 is 11.1 Å². The lowest BCUT2D eigenvalue weighted by Crippen LogP contribution is -2.33. The van der Waals surface area contributed by atoms with Gasteiger partial charge in [-0.15, -0.1) is 0 Å². The molecular weight excluding hydrogens is 288 g/mol. The predicted molar refractivity (Wildman–Crippen MR) is 82.9 cm³/mol. The van der Waals surface area contributed by atoms with Gasteiger partial charge in [-0.05, 0) is 25.0 Å². The number of thiocarbonyl (C=S) groups is 1. The van der Waals surface area contributed by atoms with Crippen molar-refractivity contribution in [2.24, 2.45) is 5.73 Å². The van der Waals surface area contributed by atoms with Crippen LogP contribution >= 0.6 is 12.2 Å². The zero-order valence-electron chi connectivity index (χ0n) is 11.7. The number of nitrogens with two attached hydrogens (primary N) is 1. The summed E-state index contributed by atoms with van der Waals surface area (Å²) in [6, 6.07) is 3.21. The van der Waals surface area contributed by atoms with Gasteiger partial charge in [0.05, 0.1) is 0 Å². The normalized spacial score (nSPS) is 14.0. The highest BCUT2D eigenvalue weighted by Crippen LogP contribution is 2.08. The van der Waals surface area contributed by atoms with Crippen LogP contribution in [0.4, 0.5) is 0 Å². The van der Waals surface area contributed by atoms with Crippen LogP contribution in [0.1, 0.15) is 35.3 Å². The Hall–Kier alpha value is -2.02. The molecular formula is C14H18N4O2S. The highest BCUT2D eigenvalue weighted by molar-refractivity contribution is 7.80. The Balaban J connectivity index is 1.78. The summed E-state index contributed by atoms with van der Waals surface area (Å²) in [6.45, 7) is 1.97. The third-order valence-corrected chi connectivity index (χ3v) is 3.60. The summed E-state index contributed by atoms with van der Waals surface area (Å²) in [4.78, 5) is 29.8. The van der Waals surface area contributed by atoms with Gasteiger partial charge < -0.3 is 16.0 Å². The monoisotopic (exact) mass is 306 g/mol. The van der Waals surface area contributed by atoms with Crippen molar-refractivity contribution < 1.29 is 9.59 Å². The molecule has 0 spiro atoms. The average molecular weight is 306 g/mol. The third kappa shape index (κ3) is 4.22. The molecule has 1 aliphatic heterocycles. The van der Waals surface area contributed by atoms with E-state index in [0.29, 0.717) is 18.5 Å². The molecule has 21 heavy (non-hydrogen) atoms. The Bertz CT molecular complexity index is 538. The number of rotatable bonds is 5. The minimum atomic E-state index is -0.307. The number of carbonyl (C=O) groups excluding carboxylic acids is 2. The first-order chi connectivity index (χ1) is 10.1. The molecule has 3 N–H and O–H groups in total. The first kappa shape index (κ1) is 15.4. The number of pyridine rings is 1. The smallest absolute Gasteiger partial charge is 0.269 e. The molecule has 7 heteroatoms. The number of carbonyl (C=O) groups is 2. The van der Waals surface area contributed by atoms with Gasteiger partial charge in [-0.25, -0.2) is 0 Å². The van der Waals surface area contributed by atoms with Crippen LogP contribution in [0.3, 0.4) is 0 Å². The van der Waals surface area contributed by atoms with E-state index in [1.165, 1.54) is 6.20 Å². The second-order valence-electron chi connectivity index (χ2n) is 4.89. The Morgan fingerprint density at radius 1 is 1.33 bits per heavy atom. The minimum Gasteiger partial charge on any atom is -0.389 e. The number of nitrogens with one attached hydrogen (secondary N) is 1. The van der Waals surface area contributed by atoms with Crippen molar-refractivity contribution in [3.05, 3.63) is 29.6 Å². The zero-order valence-corrected chi connectivity index (χ0v) is 12.5. The molecule has 6 nitrogen and oxygen atoms in total. The lowest BCUT2D eigenvalue weighted by molar-refractivity contribution is -0.129. The third-order valence-electron chi connectivity index (χ3n) is 3.36. The largest absolute Gasteiger partial charge is 0.389 e. The van der Waals surface area contributed by atoms with Gasteiger partial charge in [0.1, 0.15) is 10.7 Å². The summed E-state index contributed by atoms with van der Waals surface area (Å²) < 4.78 is 0. The summed E-state index contributed by atoms with van der Waals surface area (Å²) in [6.07, 6.45) is 3.91. The second-order valence-corrected chi connectivity index (χ2v) is 5.33. The molecule has 1 aromatic rings. The summed E-state index contributed by atoms with van der Waals surface area (Å²) in [5, 5.41) is 2.69. The first-order valence-corrected chi connectivity index (χ1v) is 7.30. The molecule has 0 unspecified atom stereocenters. The highest BCUT2D eigenvalue weighted by Gasteiger charge is 2.17. The van der Waals surface area contributed by atoms with Crippen molar-refractivity contribution in [2.75, 3.05) is 19.6 Å². The molecule has 112 valence electrons. The van der Waals surface area contributed by atoms with Gasteiger partial charge in [0.25, 0.3) is 5.91 Å². The van der Waals surface area contributed by atoms with E-state index in [1.54, 1.807) is 12.1 Å². The molecule has 1 aliphatic rings. The van der Waals surface area contributed by atoms with E-state index in [4.69, 9.17) is 18.0 Å². The van der Waals surface area contributed by atoms with Gasteiger partial charge in [-0.2, -0.15) is 0 Å². The van der Waals surface area contributed by atoms with Crippen LogP contribution in [0.15, 0.2) is 18.3 Å². The summed E-state index contributed by atoms with van der Waals surface area (Å²) in [7, 11) is 0. The fourth-order valence-electron chi connectivity index (χ4n) is 2.17. The Morgan fingerprint density at radius 3 is 2.62 bits per heavy atom. The molecule has 0 atom stereocenters. The fraction of sp³-hybridized carbons (Fsp3) is 0.429. The zero-order chi connectivity index (χ0) is 15.2. The Morgan fingerprint density at radius 2 is 2.05 bits per heavy atom. The van der Waals surface area contributed by atoms with E-state index in [2.05, 4.69) is 10.3 Å². The molecule has 2 heterocycles. The van der Waals surface area contributed by atoms with Crippen molar-refractivity contribution in [1.29, 1.82) is 0 Å². The van der Waals surface area contributed by atoms with Gasteiger partial charge >= 0.3 is 0 Å². The van der Waals surface area contributed by atoms with Gasteiger partial charge in [0.2, 0.25) is 5.91 Å². The van der Waals surface area contributed by atoms with E-state index in [0.717, 1.165) is 25.9 Å². The van der Waals surface area contributed by atoms with Crippen molar-refractivity contribution in [1.82, 2.24) is 15.2 Å². The average Bonchev–Trinajstić information content (AvgIpc) is 3.01. The van der Waals surface area contributed by atoms with Crippen LogP contribution in [0.25, 0.3) is 0 Å². The van der Waals surface area contributed by atoms with Crippen LogP contribution in [0.5, 0.6) is 0 Å². The van der Waals surface area contributed by atoms with Crippen LogP contribution in [0, 0.1) is 0 Å². The maximum atomic E-state index is 11.9. The lowest BCUT2D eigenvalue weighted by Gasteiger charge is -2.15. The lowest BCUT2D eigenvalue weighted by atomic mass is 10.2. The van der Waals surface area contributed by atoms with E-state index in [-0.39, 0.29) is 22.5 Å². The second kappa shape index (κ2) is 7.12. The van der Waals surface area contributed by atoms with Gasteiger partial charge in [-0.1, -0.05) is 12.2 Å². The summed E-state index contributed by atoms with van der Waals surface area (Å²) in [5.74, 6) is -0.219. The van der Waals surface area contributed by atoms with Crippen molar-refractivity contribution in [3.8, 4) is 0 Å². The molecule has 1 saturated heterocycles. The Kier molecular flexibility index (Phi) is 5.21. The molecule has 0 saturated carbocycles. The van der Waals surface area contributed by atoms with Crippen molar-refractivity contribution in [3.63, 3.8) is 0 Å². The topological polar surface area (TPSA) is 88.3 Å². The van der Waals surface area contributed by atoms with Gasteiger partial charge in [-0.3, -0.25) is 14.6 Å². The number of amides is 2. The Labute approximate surface area is 128 Å². The van der Waals surface area contributed by atoms with E-state index in [9.17, 15) is 9.59 Å².